The van der Waals surface area contributed by atoms with E-state index in [4.69, 9.17) is 18.6 Å². The van der Waals surface area contributed by atoms with Crippen LogP contribution in [0.2, 0.25) is 0 Å². The van der Waals surface area contributed by atoms with Crippen molar-refractivity contribution in [1.82, 2.24) is 0 Å². The lowest BCUT2D eigenvalue weighted by Crippen LogP contribution is -2.68. The maximum Gasteiger partial charge on any atom is 0.209 e. The Kier molecular flexibility index (Phi) is 6.17. The standard InChI is InChI=1S/C29H33N2.ClHO4/c1-28(2)22-13-5-7-15-24(22)30-17-9-11-20(26(28)30)19-21-12-10-18-31-25-16-8-6-14-23(25)29(3,4)27(21)31;2-1(3,4)5/h5-8,13-16,19H,9-12,17-18H2,1-4H3;(H,2,3,4,5)/q+1;/p-1. The van der Waals surface area contributed by atoms with E-state index in [2.05, 4.69) is 91.8 Å². The van der Waals surface area contributed by atoms with Gasteiger partial charge in [0.1, 0.15) is 6.54 Å². The number of nitrogens with zero attached hydrogens (tertiary/aromatic N) is 2. The fraction of sp³-hybridized carbons (Fsp3) is 0.414. The molecule has 2 aromatic carbocycles. The third-order valence-corrected chi connectivity index (χ3v) is 8.07. The highest BCUT2D eigenvalue weighted by molar-refractivity contribution is 6.07. The second-order valence-corrected chi connectivity index (χ2v) is 11.8. The minimum Gasteiger partial charge on any atom is -0.344 e. The minimum absolute atomic E-state index is 0.0661. The smallest absolute Gasteiger partial charge is 0.209 e. The first kappa shape index (κ1) is 25.2. The van der Waals surface area contributed by atoms with Gasteiger partial charge in [0.05, 0.1) is 5.41 Å². The largest absolute Gasteiger partial charge is 0.344 e. The molecule has 4 aliphatic heterocycles. The average molecular weight is 509 g/mol. The van der Waals surface area contributed by atoms with Crippen LogP contribution in [0, 0.1) is 10.2 Å². The second kappa shape index (κ2) is 8.82. The van der Waals surface area contributed by atoms with Gasteiger partial charge in [-0.05, 0) is 56.4 Å². The highest BCUT2D eigenvalue weighted by Gasteiger charge is 2.49. The van der Waals surface area contributed by atoms with E-state index in [1.165, 1.54) is 48.2 Å². The zero-order chi connectivity index (χ0) is 25.9. The van der Waals surface area contributed by atoms with Crippen molar-refractivity contribution in [3.05, 3.63) is 82.6 Å². The molecule has 6 nitrogen and oxygen atoms in total. The number of allylic oxidation sites excluding steroid dienone is 4. The summed E-state index contributed by atoms with van der Waals surface area (Å²) in [5.74, 6) is 0. The Labute approximate surface area is 215 Å². The first-order valence-electron chi connectivity index (χ1n) is 12.6. The van der Waals surface area contributed by atoms with Crippen LogP contribution in [0.15, 0.2) is 71.5 Å². The molecule has 0 spiro atoms. The summed E-state index contributed by atoms with van der Waals surface area (Å²) in [5, 5.41) is 0. The molecule has 4 heterocycles. The molecule has 6 rings (SSSR count). The monoisotopic (exact) mass is 508 g/mol. The molecule has 0 aliphatic carbocycles. The van der Waals surface area contributed by atoms with Crippen molar-refractivity contribution in [3.63, 3.8) is 0 Å². The van der Waals surface area contributed by atoms with E-state index < -0.39 is 10.2 Å². The molecule has 190 valence electrons. The lowest BCUT2D eigenvalue weighted by molar-refractivity contribution is -2.00. The van der Waals surface area contributed by atoms with Crippen LogP contribution in [0.1, 0.15) is 64.5 Å². The van der Waals surface area contributed by atoms with Gasteiger partial charge in [-0.15, -0.1) is 10.2 Å². The molecule has 0 saturated carbocycles. The van der Waals surface area contributed by atoms with Crippen molar-refractivity contribution in [2.45, 2.75) is 64.2 Å². The Balaban J connectivity index is 0.000000489. The summed E-state index contributed by atoms with van der Waals surface area (Å²) >= 11 is 0. The van der Waals surface area contributed by atoms with Crippen LogP contribution >= 0.6 is 0 Å². The number of hydrogen-bond donors (Lipinski definition) is 0. The Morgan fingerprint density at radius 2 is 1.47 bits per heavy atom. The number of rotatable bonds is 1. The van der Waals surface area contributed by atoms with Gasteiger partial charge in [-0.3, -0.25) is 0 Å². The van der Waals surface area contributed by atoms with E-state index in [-0.39, 0.29) is 10.8 Å². The zero-order valence-corrected chi connectivity index (χ0v) is 22.1. The molecule has 0 aromatic heterocycles. The lowest BCUT2D eigenvalue weighted by atomic mass is 9.76. The van der Waals surface area contributed by atoms with Crippen LogP contribution in [0.5, 0.6) is 0 Å². The van der Waals surface area contributed by atoms with Crippen molar-refractivity contribution in [2.24, 2.45) is 0 Å². The van der Waals surface area contributed by atoms with Crippen LogP contribution in [-0.2, 0) is 10.8 Å². The van der Waals surface area contributed by atoms with E-state index >= 15 is 0 Å². The molecular weight excluding hydrogens is 476 g/mol. The molecule has 0 N–H and O–H groups in total. The van der Waals surface area contributed by atoms with Gasteiger partial charge in [-0.2, -0.15) is 4.58 Å². The van der Waals surface area contributed by atoms with Crippen LogP contribution in [0.3, 0.4) is 0 Å². The molecule has 0 unspecified atom stereocenters. The van der Waals surface area contributed by atoms with Gasteiger partial charge in [-0.25, -0.2) is 18.6 Å². The van der Waals surface area contributed by atoms with E-state index in [1.807, 2.05) is 0 Å². The summed E-state index contributed by atoms with van der Waals surface area (Å²) in [6.45, 7) is 12.0. The first-order chi connectivity index (χ1) is 16.9. The van der Waals surface area contributed by atoms with Crippen LogP contribution in [0.25, 0.3) is 0 Å². The SMILES string of the molecule is CC1(C)C2=C(C=C3CCC[N+]4=C3C(C)(C)c3ccccc34)CCCN2c2ccccc21.[O-][Cl+3]([O-])([O-])[O-]. The number of hydrogen-bond acceptors (Lipinski definition) is 5. The molecule has 0 bridgehead atoms. The van der Waals surface area contributed by atoms with Crippen molar-refractivity contribution in [1.29, 1.82) is 0 Å². The van der Waals surface area contributed by atoms with Crippen molar-refractivity contribution in [2.75, 3.05) is 18.0 Å². The normalized spacial score (nSPS) is 22.6. The third-order valence-electron chi connectivity index (χ3n) is 8.07. The van der Waals surface area contributed by atoms with Crippen molar-refractivity contribution in [3.8, 4) is 0 Å². The summed E-state index contributed by atoms with van der Waals surface area (Å²) in [6.07, 6.45) is 7.44. The van der Waals surface area contributed by atoms with Gasteiger partial charge >= 0.3 is 0 Å². The minimum atomic E-state index is -4.94. The molecular formula is C29H33ClN2O4. The number of halogens is 1. The Morgan fingerprint density at radius 1 is 0.833 bits per heavy atom. The molecule has 36 heavy (non-hydrogen) atoms. The average Bonchev–Trinajstić information content (AvgIpc) is 3.20. The zero-order valence-electron chi connectivity index (χ0n) is 21.3. The molecule has 0 saturated heterocycles. The van der Waals surface area contributed by atoms with E-state index in [9.17, 15) is 0 Å². The Hall–Kier alpha value is -2.48. The van der Waals surface area contributed by atoms with Gasteiger partial charge in [0.2, 0.25) is 5.69 Å². The van der Waals surface area contributed by atoms with Gasteiger partial charge in [0, 0.05) is 47.0 Å². The predicted octanol–water partition coefficient (Wildman–Crippen LogP) is 1.87. The van der Waals surface area contributed by atoms with Crippen LogP contribution in [-0.4, -0.2) is 23.4 Å². The number of fused-ring (bicyclic) bond motifs is 5. The molecule has 0 amide bonds. The molecule has 7 heteroatoms. The molecule has 0 fully saturated rings. The van der Waals surface area contributed by atoms with Gasteiger partial charge in [-0.1, -0.05) is 50.2 Å². The fourth-order valence-electron chi connectivity index (χ4n) is 6.84. The highest BCUT2D eigenvalue weighted by atomic mass is 35.7. The van der Waals surface area contributed by atoms with Crippen molar-refractivity contribution >= 4 is 17.1 Å². The highest BCUT2D eigenvalue weighted by Crippen LogP contribution is 2.51. The third kappa shape index (κ3) is 4.21. The predicted molar refractivity (Wildman–Crippen MR) is 130 cm³/mol. The molecule has 0 radical (unpaired) electrons. The summed E-state index contributed by atoms with van der Waals surface area (Å²) in [5.41, 5.74) is 12.1. The van der Waals surface area contributed by atoms with Gasteiger partial charge < -0.3 is 4.90 Å². The summed E-state index contributed by atoms with van der Waals surface area (Å²) < 4.78 is 36.6. The molecule has 2 aromatic rings. The van der Waals surface area contributed by atoms with Gasteiger partial charge in [0.25, 0.3) is 0 Å². The number of anilines is 1. The van der Waals surface area contributed by atoms with E-state index in [0.717, 1.165) is 13.1 Å². The summed E-state index contributed by atoms with van der Waals surface area (Å²) in [7, 11) is -4.94. The Morgan fingerprint density at radius 3 is 2.19 bits per heavy atom. The number of benzene rings is 2. The van der Waals surface area contributed by atoms with E-state index in [0.29, 0.717) is 0 Å². The topological polar surface area (TPSA) is 98.5 Å². The van der Waals surface area contributed by atoms with Crippen LogP contribution < -0.4 is 23.5 Å². The quantitative estimate of drug-likeness (QED) is 0.548. The van der Waals surface area contributed by atoms with E-state index in [1.54, 1.807) is 22.6 Å². The summed E-state index contributed by atoms with van der Waals surface area (Å²) in [4.78, 5) is 2.62. The van der Waals surface area contributed by atoms with Crippen LogP contribution in [0.4, 0.5) is 11.4 Å². The lowest BCUT2D eigenvalue weighted by Gasteiger charge is -2.34. The van der Waals surface area contributed by atoms with Crippen molar-refractivity contribution < 1.29 is 33.5 Å². The first-order valence-corrected chi connectivity index (χ1v) is 13.8. The maximum absolute atomic E-state index is 8.49. The Bertz CT molecular complexity index is 1290. The molecule has 4 aliphatic rings. The number of para-hydroxylation sites is 2. The molecule has 0 atom stereocenters. The fourth-order valence-corrected chi connectivity index (χ4v) is 6.84. The maximum atomic E-state index is 8.49. The van der Waals surface area contributed by atoms with Gasteiger partial charge in [0.15, 0.2) is 5.71 Å². The second-order valence-electron chi connectivity index (χ2n) is 11.1. The summed E-state index contributed by atoms with van der Waals surface area (Å²) in [6, 6.07) is 18.1.